The van der Waals surface area contributed by atoms with Crippen LogP contribution in [0.4, 0.5) is 17.1 Å². The highest BCUT2D eigenvalue weighted by atomic mass is 32.2. The second-order valence-corrected chi connectivity index (χ2v) is 9.92. The van der Waals surface area contributed by atoms with Crippen LogP contribution in [0.15, 0.2) is 34.7 Å². The number of rotatable bonds is 4. The monoisotopic (exact) mass is 428 g/mol. The predicted molar refractivity (Wildman–Crippen MR) is 115 cm³/mol. The Morgan fingerprint density at radius 1 is 1.00 bits per heavy atom. The smallest absolute Gasteiger partial charge is 0.291 e. The van der Waals surface area contributed by atoms with Crippen LogP contribution in [0.25, 0.3) is 0 Å². The van der Waals surface area contributed by atoms with Gasteiger partial charge in [0.2, 0.25) is 5.76 Å². The van der Waals surface area contributed by atoms with Crippen molar-refractivity contribution < 1.29 is 17.6 Å². The second-order valence-electron chi connectivity index (χ2n) is 7.62. The standard InChI is InChI=1S/C21H24N4O4S/c22-15-17-5-7-20(29-17)21(26)23-18-6-4-16(24-10-12-30(27,28)13-11-24)14-19(18)25-8-2-1-3-9-25/h4-7,14H,1-3,8-13H2,(H,23,26). The lowest BCUT2D eigenvalue weighted by molar-refractivity contribution is 0.0996. The van der Waals surface area contributed by atoms with E-state index in [1.807, 2.05) is 24.3 Å². The summed E-state index contributed by atoms with van der Waals surface area (Å²) in [5, 5.41) is 11.8. The van der Waals surface area contributed by atoms with E-state index in [1.54, 1.807) is 0 Å². The zero-order chi connectivity index (χ0) is 21.1. The van der Waals surface area contributed by atoms with Crippen molar-refractivity contribution in [1.82, 2.24) is 0 Å². The normalized spacial score (nSPS) is 18.6. The lowest BCUT2D eigenvalue weighted by Crippen LogP contribution is -2.40. The minimum Gasteiger partial charge on any atom is -0.440 e. The number of amides is 1. The van der Waals surface area contributed by atoms with Gasteiger partial charge in [-0.05, 0) is 49.6 Å². The molecule has 1 amide bonds. The van der Waals surface area contributed by atoms with Gasteiger partial charge in [-0.15, -0.1) is 0 Å². The van der Waals surface area contributed by atoms with Crippen LogP contribution in [0.2, 0.25) is 0 Å². The highest BCUT2D eigenvalue weighted by molar-refractivity contribution is 7.91. The van der Waals surface area contributed by atoms with Gasteiger partial charge in [0, 0.05) is 31.9 Å². The molecular formula is C21H24N4O4S. The van der Waals surface area contributed by atoms with Gasteiger partial charge >= 0.3 is 0 Å². The Labute approximate surface area is 176 Å². The lowest BCUT2D eigenvalue weighted by Gasteiger charge is -2.33. The predicted octanol–water partition coefficient (Wildman–Crippen LogP) is 2.63. The summed E-state index contributed by atoms with van der Waals surface area (Å²) in [6.45, 7) is 2.74. The maximum Gasteiger partial charge on any atom is 0.291 e. The first-order valence-electron chi connectivity index (χ1n) is 10.1. The number of nitriles is 1. The van der Waals surface area contributed by atoms with E-state index < -0.39 is 15.7 Å². The van der Waals surface area contributed by atoms with E-state index in [4.69, 9.17) is 9.68 Å². The minimum absolute atomic E-state index is 0.0847. The summed E-state index contributed by atoms with van der Waals surface area (Å²) < 4.78 is 28.8. The molecule has 2 aliphatic rings. The highest BCUT2D eigenvalue weighted by Gasteiger charge is 2.24. The first-order valence-corrected chi connectivity index (χ1v) is 11.9. The average molecular weight is 429 g/mol. The Morgan fingerprint density at radius 3 is 2.40 bits per heavy atom. The van der Waals surface area contributed by atoms with Crippen LogP contribution in [0, 0.1) is 11.3 Å². The molecule has 0 spiro atoms. The maximum atomic E-state index is 12.6. The van der Waals surface area contributed by atoms with E-state index in [9.17, 15) is 13.2 Å². The van der Waals surface area contributed by atoms with Crippen LogP contribution < -0.4 is 15.1 Å². The van der Waals surface area contributed by atoms with E-state index in [0.717, 1.165) is 37.3 Å². The summed E-state index contributed by atoms with van der Waals surface area (Å²) in [4.78, 5) is 17.0. The lowest BCUT2D eigenvalue weighted by atomic mass is 10.1. The number of furan rings is 1. The molecule has 0 bridgehead atoms. The third-order valence-electron chi connectivity index (χ3n) is 5.58. The Kier molecular flexibility index (Phi) is 5.68. The van der Waals surface area contributed by atoms with Crippen LogP contribution in [0.1, 0.15) is 35.6 Å². The van der Waals surface area contributed by atoms with Crippen LogP contribution in [0.5, 0.6) is 0 Å². The first-order chi connectivity index (χ1) is 14.4. The fourth-order valence-electron chi connectivity index (χ4n) is 3.89. The number of carbonyl (C=O) groups is 1. The average Bonchev–Trinajstić information content (AvgIpc) is 3.24. The molecule has 2 fully saturated rings. The molecule has 1 aromatic carbocycles. The van der Waals surface area contributed by atoms with Gasteiger partial charge in [-0.1, -0.05) is 0 Å². The van der Waals surface area contributed by atoms with Gasteiger partial charge in [0.1, 0.15) is 6.07 Å². The fourth-order valence-corrected chi connectivity index (χ4v) is 5.09. The van der Waals surface area contributed by atoms with Crippen molar-refractivity contribution in [3.63, 3.8) is 0 Å². The summed E-state index contributed by atoms with van der Waals surface area (Å²) in [5.74, 6) is 0.0777. The number of anilines is 3. The van der Waals surface area contributed by atoms with Gasteiger partial charge < -0.3 is 19.5 Å². The van der Waals surface area contributed by atoms with E-state index in [2.05, 4.69) is 15.1 Å². The minimum atomic E-state index is -2.95. The molecule has 8 nitrogen and oxygen atoms in total. The first kappa shape index (κ1) is 20.3. The summed E-state index contributed by atoms with van der Waals surface area (Å²) in [6, 6.07) is 10.6. The van der Waals surface area contributed by atoms with Gasteiger partial charge in [-0.2, -0.15) is 5.26 Å². The fraction of sp³-hybridized carbons (Fsp3) is 0.429. The Morgan fingerprint density at radius 2 is 1.73 bits per heavy atom. The molecule has 1 aromatic heterocycles. The highest BCUT2D eigenvalue weighted by Crippen LogP contribution is 2.34. The molecule has 2 saturated heterocycles. The van der Waals surface area contributed by atoms with Crippen LogP contribution in [-0.2, 0) is 9.84 Å². The SMILES string of the molecule is N#Cc1ccc(C(=O)Nc2ccc(N3CCS(=O)(=O)CC3)cc2N2CCCCC2)o1. The number of nitrogens with one attached hydrogen (secondary N) is 1. The van der Waals surface area contributed by atoms with E-state index in [1.165, 1.54) is 18.6 Å². The van der Waals surface area contributed by atoms with E-state index in [-0.39, 0.29) is 23.0 Å². The molecule has 0 unspecified atom stereocenters. The van der Waals surface area contributed by atoms with Crippen LogP contribution >= 0.6 is 0 Å². The molecule has 0 aliphatic carbocycles. The van der Waals surface area contributed by atoms with E-state index >= 15 is 0 Å². The molecule has 0 radical (unpaired) electrons. The zero-order valence-corrected chi connectivity index (χ0v) is 17.5. The molecule has 1 N–H and O–H groups in total. The number of sulfone groups is 1. The number of carbonyl (C=O) groups excluding carboxylic acids is 1. The molecule has 4 rings (SSSR count). The largest absolute Gasteiger partial charge is 0.440 e. The zero-order valence-electron chi connectivity index (χ0n) is 16.6. The third-order valence-corrected chi connectivity index (χ3v) is 7.18. The Bertz CT molecular complexity index is 1070. The van der Waals surface area contributed by atoms with Crippen molar-refractivity contribution in [3.05, 3.63) is 41.9 Å². The maximum absolute atomic E-state index is 12.6. The van der Waals surface area contributed by atoms with Gasteiger partial charge in [-0.25, -0.2) is 8.42 Å². The number of hydrogen-bond acceptors (Lipinski definition) is 7. The molecule has 158 valence electrons. The summed E-state index contributed by atoms with van der Waals surface area (Å²) in [7, 11) is -2.95. The molecule has 2 aliphatic heterocycles. The third kappa shape index (κ3) is 4.44. The molecule has 3 heterocycles. The molecule has 30 heavy (non-hydrogen) atoms. The van der Waals surface area contributed by atoms with Crippen molar-refractivity contribution in [3.8, 4) is 6.07 Å². The van der Waals surface area contributed by atoms with Crippen molar-refractivity contribution >= 4 is 32.8 Å². The molecule has 0 saturated carbocycles. The van der Waals surface area contributed by atoms with Gasteiger partial charge in [-0.3, -0.25) is 4.79 Å². The van der Waals surface area contributed by atoms with Gasteiger partial charge in [0.15, 0.2) is 15.6 Å². The van der Waals surface area contributed by atoms with Crippen molar-refractivity contribution in [2.24, 2.45) is 0 Å². The van der Waals surface area contributed by atoms with Crippen molar-refractivity contribution in [2.75, 3.05) is 52.8 Å². The number of hydrogen-bond donors (Lipinski definition) is 1. The topological polar surface area (TPSA) is 107 Å². The molecule has 2 aromatic rings. The Hall–Kier alpha value is -2.99. The van der Waals surface area contributed by atoms with Gasteiger partial charge in [0.05, 0.1) is 22.9 Å². The number of nitrogens with zero attached hydrogens (tertiary/aromatic N) is 3. The quantitative estimate of drug-likeness (QED) is 0.798. The number of benzene rings is 1. The van der Waals surface area contributed by atoms with Gasteiger partial charge in [0.25, 0.3) is 5.91 Å². The van der Waals surface area contributed by atoms with Crippen molar-refractivity contribution in [1.29, 1.82) is 5.26 Å². The van der Waals surface area contributed by atoms with Crippen LogP contribution in [0.3, 0.4) is 0 Å². The number of piperidine rings is 1. The van der Waals surface area contributed by atoms with E-state index in [0.29, 0.717) is 18.8 Å². The summed E-state index contributed by atoms with van der Waals surface area (Å²) in [5.41, 5.74) is 2.54. The molecule has 0 atom stereocenters. The Balaban J connectivity index is 1.60. The summed E-state index contributed by atoms with van der Waals surface area (Å²) in [6.07, 6.45) is 3.36. The second kappa shape index (κ2) is 8.40. The molecular weight excluding hydrogens is 404 g/mol. The van der Waals surface area contributed by atoms with Crippen molar-refractivity contribution in [2.45, 2.75) is 19.3 Å². The molecule has 9 heteroatoms. The summed E-state index contributed by atoms with van der Waals surface area (Å²) >= 11 is 0. The van der Waals surface area contributed by atoms with Crippen LogP contribution in [-0.4, -0.2) is 52.0 Å².